The molecule has 4 N–H and O–H groups in total. The number of aromatic nitrogens is 2. The fourth-order valence-electron chi connectivity index (χ4n) is 3.38. The highest BCUT2D eigenvalue weighted by Gasteiger charge is 2.33. The van der Waals surface area contributed by atoms with Gasteiger partial charge >= 0.3 is 0 Å². The van der Waals surface area contributed by atoms with Gasteiger partial charge in [-0.1, -0.05) is 0 Å². The van der Waals surface area contributed by atoms with E-state index in [-0.39, 0.29) is 29.4 Å². The number of carbonyl (C=O) groups excluding carboxylic acids is 1. The van der Waals surface area contributed by atoms with Gasteiger partial charge in [0.25, 0.3) is 11.5 Å². The second-order valence-electron chi connectivity index (χ2n) is 6.70. The normalized spacial score (nSPS) is 21.0. The first kappa shape index (κ1) is 16.4. The number of ether oxygens (including phenoxy) is 2. The number of anilines is 1. The van der Waals surface area contributed by atoms with Gasteiger partial charge in [0.1, 0.15) is 13.2 Å². The van der Waals surface area contributed by atoms with Gasteiger partial charge in [-0.2, -0.15) is 0 Å². The molecule has 1 fully saturated rings. The van der Waals surface area contributed by atoms with E-state index in [9.17, 15) is 9.59 Å². The first-order valence-corrected chi connectivity index (χ1v) is 8.57. The van der Waals surface area contributed by atoms with Crippen LogP contribution in [0.1, 0.15) is 40.4 Å². The number of aryl methyl sites for hydroxylation is 1. The molecule has 1 saturated carbocycles. The molecule has 26 heavy (non-hydrogen) atoms. The first-order chi connectivity index (χ1) is 12.5. The molecule has 1 aliphatic heterocycles. The Bertz CT molecular complexity index is 918. The molecule has 4 rings (SSSR count). The molecule has 8 nitrogen and oxygen atoms in total. The summed E-state index contributed by atoms with van der Waals surface area (Å²) in [6.45, 7) is 2.87. The van der Waals surface area contributed by atoms with Crippen LogP contribution in [0.2, 0.25) is 0 Å². The predicted octanol–water partition coefficient (Wildman–Crippen LogP) is 1.11. The molecule has 0 bridgehead atoms. The summed E-state index contributed by atoms with van der Waals surface area (Å²) in [6.07, 6.45) is 1.45. The van der Waals surface area contributed by atoms with Crippen LogP contribution in [0.4, 0.5) is 5.95 Å². The molecule has 1 aromatic carbocycles. The maximum absolute atomic E-state index is 12.6. The summed E-state index contributed by atoms with van der Waals surface area (Å²) < 4.78 is 11.1. The molecule has 0 spiro atoms. The highest BCUT2D eigenvalue weighted by Crippen LogP contribution is 2.36. The standard InChI is InChI=1S/C18H20N4O4/c1-9-4-14-15(26-3-2-25-14)7-12(9)17(24)20-11-5-10(6-11)13-8-16(23)22-18(19)21-13/h4,7-8,10-11H,2-3,5-6H2,1H3,(H,20,24)(H3,19,21,22,23). The van der Waals surface area contributed by atoms with Crippen LogP contribution in [-0.2, 0) is 0 Å². The molecule has 0 unspecified atom stereocenters. The number of nitrogens with zero attached hydrogens (tertiary/aromatic N) is 1. The molecular formula is C18H20N4O4. The van der Waals surface area contributed by atoms with Gasteiger partial charge in [0.2, 0.25) is 5.95 Å². The average molecular weight is 356 g/mol. The van der Waals surface area contributed by atoms with Crippen LogP contribution in [0.25, 0.3) is 0 Å². The van der Waals surface area contributed by atoms with Crippen molar-refractivity contribution in [3.63, 3.8) is 0 Å². The lowest BCUT2D eigenvalue weighted by Gasteiger charge is -2.35. The van der Waals surface area contributed by atoms with Gasteiger partial charge in [0.15, 0.2) is 11.5 Å². The lowest BCUT2D eigenvalue weighted by Crippen LogP contribution is -2.44. The maximum Gasteiger partial charge on any atom is 0.252 e. The lowest BCUT2D eigenvalue weighted by molar-refractivity contribution is 0.0906. The topological polar surface area (TPSA) is 119 Å². The van der Waals surface area contributed by atoms with Crippen LogP contribution < -0.4 is 26.1 Å². The van der Waals surface area contributed by atoms with Crippen molar-refractivity contribution in [3.8, 4) is 11.5 Å². The number of H-pyrrole nitrogens is 1. The number of fused-ring (bicyclic) bond motifs is 1. The number of benzene rings is 1. The van der Waals surface area contributed by atoms with Gasteiger partial charge in [0, 0.05) is 23.6 Å². The zero-order chi connectivity index (χ0) is 18.3. The van der Waals surface area contributed by atoms with E-state index in [1.54, 1.807) is 6.07 Å². The summed E-state index contributed by atoms with van der Waals surface area (Å²) in [4.78, 5) is 30.7. The van der Waals surface area contributed by atoms with E-state index in [2.05, 4.69) is 15.3 Å². The van der Waals surface area contributed by atoms with E-state index in [0.717, 1.165) is 18.4 Å². The average Bonchev–Trinajstić information content (AvgIpc) is 2.56. The molecule has 0 saturated heterocycles. The minimum atomic E-state index is -0.258. The fourth-order valence-corrected chi connectivity index (χ4v) is 3.38. The van der Waals surface area contributed by atoms with Crippen LogP contribution in [-0.4, -0.2) is 35.1 Å². The molecule has 136 valence electrons. The minimum Gasteiger partial charge on any atom is -0.486 e. The lowest BCUT2D eigenvalue weighted by atomic mass is 9.78. The molecular weight excluding hydrogens is 336 g/mol. The second kappa shape index (κ2) is 6.36. The van der Waals surface area contributed by atoms with Crippen molar-refractivity contribution in [3.05, 3.63) is 45.4 Å². The van der Waals surface area contributed by atoms with Crippen molar-refractivity contribution in [2.45, 2.75) is 31.7 Å². The third-order valence-electron chi connectivity index (χ3n) is 4.81. The van der Waals surface area contributed by atoms with E-state index < -0.39 is 0 Å². The number of nitrogens with two attached hydrogens (primary N) is 1. The summed E-state index contributed by atoms with van der Waals surface area (Å²) >= 11 is 0. The number of carbonyl (C=O) groups is 1. The Balaban J connectivity index is 1.41. The van der Waals surface area contributed by atoms with E-state index in [1.807, 2.05) is 13.0 Å². The number of hydrogen-bond acceptors (Lipinski definition) is 6. The Morgan fingerprint density at radius 1 is 1.23 bits per heavy atom. The quantitative estimate of drug-likeness (QED) is 0.758. The van der Waals surface area contributed by atoms with Crippen molar-refractivity contribution in [1.29, 1.82) is 0 Å². The van der Waals surface area contributed by atoms with Gasteiger partial charge in [-0.05, 0) is 37.5 Å². The van der Waals surface area contributed by atoms with Crippen LogP contribution >= 0.6 is 0 Å². The van der Waals surface area contributed by atoms with Crippen molar-refractivity contribution >= 4 is 11.9 Å². The van der Waals surface area contributed by atoms with Crippen LogP contribution in [0.15, 0.2) is 23.0 Å². The van der Waals surface area contributed by atoms with Crippen LogP contribution in [0, 0.1) is 6.92 Å². The number of nitrogen functional groups attached to an aromatic ring is 1. The third kappa shape index (κ3) is 3.10. The molecule has 2 heterocycles. The summed E-state index contributed by atoms with van der Waals surface area (Å²) in [7, 11) is 0. The first-order valence-electron chi connectivity index (χ1n) is 8.57. The highest BCUT2D eigenvalue weighted by atomic mass is 16.6. The van der Waals surface area contributed by atoms with E-state index in [4.69, 9.17) is 15.2 Å². The van der Waals surface area contributed by atoms with Gasteiger partial charge in [-0.25, -0.2) is 4.98 Å². The Labute approximate surface area is 149 Å². The Morgan fingerprint density at radius 3 is 2.62 bits per heavy atom. The monoisotopic (exact) mass is 356 g/mol. The Morgan fingerprint density at radius 2 is 1.92 bits per heavy atom. The Hall–Kier alpha value is -3.03. The zero-order valence-electron chi connectivity index (χ0n) is 14.4. The van der Waals surface area contributed by atoms with Gasteiger partial charge < -0.3 is 20.5 Å². The summed E-state index contributed by atoms with van der Waals surface area (Å²) in [6, 6.07) is 5.07. The van der Waals surface area contributed by atoms with Gasteiger partial charge in [-0.15, -0.1) is 0 Å². The minimum absolute atomic E-state index is 0.0439. The van der Waals surface area contributed by atoms with Crippen LogP contribution in [0.5, 0.6) is 11.5 Å². The van der Waals surface area contributed by atoms with E-state index in [1.165, 1.54) is 6.07 Å². The summed E-state index contributed by atoms with van der Waals surface area (Å²) in [5.74, 6) is 1.38. The van der Waals surface area contributed by atoms with E-state index >= 15 is 0 Å². The van der Waals surface area contributed by atoms with Crippen LogP contribution in [0.3, 0.4) is 0 Å². The molecule has 8 heteroatoms. The Kier molecular flexibility index (Phi) is 4.02. The fraction of sp³-hybridized carbons (Fsp3) is 0.389. The molecule has 2 aromatic rings. The van der Waals surface area contributed by atoms with Crippen molar-refractivity contribution in [1.82, 2.24) is 15.3 Å². The smallest absolute Gasteiger partial charge is 0.252 e. The zero-order valence-corrected chi connectivity index (χ0v) is 14.4. The second-order valence-corrected chi connectivity index (χ2v) is 6.70. The van der Waals surface area contributed by atoms with Gasteiger partial charge in [0.05, 0.1) is 5.69 Å². The molecule has 1 aromatic heterocycles. The largest absolute Gasteiger partial charge is 0.486 e. The molecule has 1 amide bonds. The maximum atomic E-state index is 12.6. The van der Waals surface area contributed by atoms with Crippen molar-refractivity contribution in [2.24, 2.45) is 0 Å². The van der Waals surface area contributed by atoms with Crippen molar-refractivity contribution in [2.75, 3.05) is 18.9 Å². The molecule has 0 atom stereocenters. The molecule has 0 radical (unpaired) electrons. The summed E-state index contributed by atoms with van der Waals surface area (Å²) in [5.41, 5.74) is 7.42. The number of amides is 1. The van der Waals surface area contributed by atoms with Crippen molar-refractivity contribution < 1.29 is 14.3 Å². The molecule has 1 aliphatic carbocycles. The number of rotatable bonds is 3. The number of aromatic amines is 1. The number of hydrogen-bond donors (Lipinski definition) is 3. The van der Waals surface area contributed by atoms with E-state index in [0.29, 0.717) is 36.0 Å². The highest BCUT2D eigenvalue weighted by molar-refractivity contribution is 5.96. The SMILES string of the molecule is Cc1cc2c(cc1C(=O)NC1CC(c3cc(=O)[nH]c(N)n3)C1)OCCO2. The predicted molar refractivity (Wildman–Crippen MR) is 94.7 cm³/mol. The number of nitrogens with one attached hydrogen (secondary N) is 2. The third-order valence-corrected chi connectivity index (χ3v) is 4.81. The molecule has 2 aliphatic rings. The van der Waals surface area contributed by atoms with Gasteiger partial charge in [-0.3, -0.25) is 14.6 Å². The summed E-state index contributed by atoms with van der Waals surface area (Å²) in [5, 5.41) is 3.03.